The molecule has 0 radical (unpaired) electrons. The molecule has 1 aromatic carbocycles. The number of nitrogens with zero attached hydrogens (tertiary/aromatic N) is 2. The smallest absolute Gasteiger partial charge is 0.405 e. The molecule has 1 unspecified atom stereocenters. The first-order valence-corrected chi connectivity index (χ1v) is 9.87. The summed E-state index contributed by atoms with van der Waals surface area (Å²) in [6.45, 7) is 0. The van der Waals surface area contributed by atoms with Crippen LogP contribution in [0.2, 0.25) is 0 Å². The highest BCUT2D eigenvalue weighted by molar-refractivity contribution is 9.10. The van der Waals surface area contributed by atoms with E-state index in [9.17, 15) is 18.0 Å². The van der Waals surface area contributed by atoms with Gasteiger partial charge in [0.15, 0.2) is 11.9 Å². The van der Waals surface area contributed by atoms with Gasteiger partial charge in [0.05, 0.1) is 10.7 Å². The Labute approximate surface area is 158 Å². The van der Waals surface area contributed by atoms with E-state index in [2.05, 4.69) is 25.9 Å². The number of carbonyl (C=O) groups excluding carboxylic acids is 2. The number of sulfonamides is 1. The van der Waals surface area contributed by atoms with Crippen LogP contribution >= 0.6 is 15.9 Å². The van der Waals surface area contributed by atoms with Crippen LogP contribution in [0, 0.1) is 0 Å². The van der Waals surface area contributed by atoms with Gasteiger partial charge in [-0.15, -0.1) is 0 Å². The second-order valence-corrected chi connectivity index (χ2v) is 7.95. The van der Waals surface area contributed by atoms with Crippen molar-refractivity contribution in [2.24, 2.45) is 5.73 Å². The van der Waals surface area contributed by atoms with Gasteiger partial charge in [-0.05, 0) is 21.5 Å². The van der Waals surface area contributed by atoms with E-state index >= 15 is 0 Å². The molecule has 26 heavy (non-hydrogen) atoms. The minimum atomic E-state index is -3.79. The molecule has 1 aromatic heterocycles. The van der Waals surface area contributed by atoms with E-state index < -0.39 is 28.1 Å². The maximum absolute atomic E-state index is 12.0. The molecular formula is C15H15BrN4O5S. The van der Waals surface area contributed by atoms with Gasteiger partial charge in [-0.2, -0.15) is 0 Å². The predicted molar refractivity (Wildman–Crippen MR) is 96.3 cm³/mol. The second-order valence-electron chi connectivity index (χ2n) is 5.29. The highest BCUT2D eigenvalue weighted by Gasteiger charge is 2.25. The van der Waals surface area contributed by atoms with Crippen molar-refractivity contribution in [1.82, 2.24) is 14.7 Å². The summed E-state index contributed by atoms with van der Waals surface area (Å²) in [6.07, 6.45) is 1.44. The molecule has 0 fully saturated rings. The van der Waals surface area contributed by atoms with Gasteiger partial charge in [0.1, 0.15) is 0 Å². The van der Waals surface area contributed by atoms with Crippen LogP contribution in [0.5, 0.6) is 0 Å². The molecule has 0 aliphatic carbocycles. The summed E-state index contributed by atoms with van der Waals surface area (Å²) in [5, 5.41) is 0. The lowest BCUT2D eigenvalue weighted by Gasteiger charge is -2.16. The summed E-state index contributed by atoms with van der Waals surface area (Å²) in [5.74, 6) is -0.467. The SMILES string of the molecule is CS(=O)(=O)NC(=O)C(Cc1ccc(-c2ncc(Br)cn2)cc1)OC(N)=O. The molecule has 2 aromatic rings. The molecule has 0 saturated heterocycles. The molecule has 0 bridgehead atoms. The standard InChI is InChI=1S/C15H15BrN4O5S/c1-26(23,24)20-14(21)12(25-15(17)22)6-9-2-4-10(5-3-9)13-18-7-11(16)8-19-13/h2-5,7-8,12H,6H2,1H3,(H2,17,22)(H,20,21). The molecule has 138 valence electrons. The van der Waals surface area contributed by atoms with Crippen LogP contribution in [0.4, 0.5) is 4.79 Å². The van der Waals surface area contributed by atoms with Crippen molar-refractivity contribution < 1.29 is 22.7 Å². The average Bonchev–Trinajstić information content (AvgIpc) is 2.54. The molecule has 0 aliphatic heterocycles. The fourth-order valence-corrected chi connectivity index (χ4v) is 2.74. The molecule has 2 rings (SSSR count). The minimum Gasteiger partial charge on any atom is -0.436 e. The van der Waals surface area contributed by atoms with Crippen molar-refractivity contribution in [3.05, 3.63) is 46.7 Å². The highest BCUT2D eigenvalue weighted by Crippen LogP contribution is 2.18. The third-order valence-corrected chi connectivity index (χ3v) is 4.07. The third kappa shape index (κ3) is 6.08. The van der Waals surface area contributed by atoms with E-state index in [-0.39, 0.29) is 6.42 Å². The molecule has 9 nitrogen and oxygen atoms in total. The lowest BCUT2D eigenvalue weighted by Crippen LogP contribution is -2.42. The van der Waals surface area contributed by atoms with Gasteiger partial charge < -0.3 is 10.5 Å². The molecule has 11 heteroatoms. The van der Waals surface area contributed by atoms with Gasteiger partial charge in [0.2, 0.25) is 10.0 Å². The van der Waals surface area contributed by atoms with Gasteiger partial charge in [0, 0.05) is 24.4 Å². The van der Waals surface area contributed by atoms with Crippen LogP contribution in [0.25, 0.3) is 11.4 Å². The summed E-state index contributed by atoms with van der Waals surface area (Å²) in [5.41, 5.74) is 6.32. The Morgan fingerprint density at radius 3 is 2.31 bits per heavy atom. The normalized spacial score (nSPS) is 12.2. The van der Waals surface area contributed by atoms with Gasteiger partial charge in [-0.3, -0.25) is 9.52 Å². The first-order valence-electron chi connectivity index (χ1n) is 7.18. The minimum absolute atomic E-state index is 0.0498. The van der Waals surface area contributed by atoms with Crippen molar-refractivity contribution in [2.75, 3.05) is 6.26 Å². The number of hydrogen-bond acceptors (Lipinski definition) is 7. The van der Waals surface area contributed by atoms with E-state index in [0.717, 1.165) is 16.3 Å². The lowest BCUT2D eigenvalue weighted by molar-refractivity contribution is -0.127. The highest BCUT2D eigenvalue weighted by atomic mass is 79.9. The van der Waals surface area contributed by atoms with Crippen LogP contribution < -0.4 is 10.5 Å². The maximum atomic E-state index is 12.0. The Kier molecular flexibility index (Phi) is 6.27. The summed E-state index contributed by atoms with van der Waals surface area (Å²) in [6, 6.07) is 6.83. The molecule has 0 spiro atoms. The molecule has 1 heterocycles. The van der Waals surface area contributed by atoms with E-state index in [1.807, 2.05) is 0 Å². The molecule has 1 atom stereocenters. The van der Waals surface area contributed by atoms with Crippen molar-refractivity contribution >= 4 is 38.0 Å². The van der Waals surface area contributed by atoms with Gasteiger partial charge in [-0.25, -0.2) is 23.2 Å². The number of nitrogens with one attached hydrogen (secondary N) is 1. The third-order valence-electron chi connectivity index (χ3n) is 3.09. The Hall–Kier alpha value is -2.53. The number of nitrogens with two attached hydrogens (primary N) is 1. The van der Waals surface area contributed by atoms with E-state index in [0.29, 0.717) is 11.4 Å². The Morgan fingerprint density at radius 1 is 1.23 bits per heavy atom. The topological polar surface area (TPSA) is 141 Å². The second kappa shape index (κ2) is 8.23. The number of aromatic nitrogens is 2. The fourth-order valence-electron chi connectivity index (χ4n) is 2.04. The van der Waals surface area contributed by atoms with Gasteiger partial charge in [-0.1, -0.05) is 24.3 Å². The number of rotatable bonds is 6. The van der Waals surface area contributed by atoms with Crippen molar-refractivity contribution in [3.8, 4) is 11.4 Å². The summed E-state index contributed by atoms with van der Waals surface area (Å²) in [4.78, 5) is 31.3. The van der Waals surface area contributed by atoms with Crippen LogP contribution in [0.15, 0.2) is 41.1 Å². The summed E-state index contributed by atoms with van der Waals surface area (Å²) in [7, 11) is -3.79. The molecule has 0 aliphatic rings. The summed E-state index contributed by atoms with van der Waals surface area (Å²) < 4.78 is 29.6. The van der Waals surface area contributed by atoms with E-state index in [1.165, 1.54) is 0 Å². The zero-order valence-corrected chi connectivity index (χ0v) is 16.0. The number of hydrogen-bond donors (Lipinski definition) is 2. The Balaban J connectivity index is 2.16. The Morgan fingerprint density at radius 2 is 1.81 bits per heavy atom. The lowest BCUT2D eigenvalue weighted by atomic mass is 10.0. The number of halogens is 1. The van der Waals surface area contributed by atoms with E-state index in [4.69, 9.17) is 10.5 Å². The maximum Gasteiger partial charge on any atom is 0.405 e. The average molecular weight is 443 g/mol. The number of benzene rings is 1. The van der Waals surface area contributed by atoms with Crippen LogP contribution in [0.1, 0.15) is 5.56 Å². The fraction of sp³-hybridized carbons (Fsp3) is 0.200. The number of ether oxygens (including phenoxy) is 1. The largest absolute Gasteiger partial charge is 0.436 e. The zero-order valence-electron chi connectivity index (χ0n) is 13.5. The van der Waals surface area contributed by atoms with Crippen molar-refractivity contribution in [2.45, 2.75) is 12.5 Å². The number of amides is 2. The first kappa shape index (κ1) is 19.8. The van der Waals surface area contributed by atoms with Crippen molar-refractivity contribution in [1.29, 1.82) is 0 Å². The first-order chi connectivity index (χ1) is 12.1. The van der Waals surface area contributed by atoms with E-state index in [1.54, 1.807) is 41.4 Å². The number of primary amides is 1. The monoisotopic (exact) mass is 442 g/mol. The predicted octanol–water partition coefficient (Wildman–Crippen LogP) is 0.988. The number of carbonyl (C=O) groups is 2. The summed E-state index contributed by atoms with van der Waals surface area (Å²) >= 11 is 3.25. The molecule has 3 N–H and O–H groups in total. The van der Waals surface area contributed by atoms with Crippen LogP contribution in [0.3, 0.4) is 0 Å². The molecule has 2 amide bonds. The Bertz CT molecular complexity index is 901. The zero-order chi connectivity index (χ0) is 19.3. The quantitative estimate of drug-likeness (QED) is 0.678. The van der Waals surface area contributed by atoms with Gasteiger partial charge >= 0.3 is 6.09 Å². The molecule has 0 saturated carbocycles. The molecular weight excluding hydrogens is 428 g/mol. The van der Waals surface area contributed by atoms with Crippen LogP contribution in [-0.4, -0.2) is 42.7 Å². The van der Waals surface area contributed by atoms with Gasteiger partial charge in [0.25, 0.3) is 5.91 Å². The van der Waals surface area contributed by atoms with Crippen molar-refractivity contribution in [3.63, 3.8) is 0 Å². The van der Waals surface area contributed by atoms with Crippen LogP contribution in [-0.2, 0) is 26.0 Å².